The quantitative estimate of drug-likeness (QED) is 0.906. The van der Waals surface area contributed by atoms with Crippen LogP contribution in [0.5, 0.6) is 0 Å². The van der Waals surface area contributed by atoms with Crippen molar-refractivity contribution in [1.82, 2.24) is 10.3 Å². The van der Waals surface area contributed by atoms with Gasteiger partial charge in [-0.3, -0.25) is 4.79 Å². The third-order valence-corrected chi connectivity index (χ3v) is 3.74. The van der Waals surface area contributed by atoms with Gasteiger partial charge in [0.15, 0.2) is 0 Å². The van der Waals surface area contributed by atoms with Gasteiger partial charge in [-0.05, 0) is 44.7 Å². The summed E-state index contributed by atoms with van der Waals surface area (Å²) < 4.78 is 0. The Kier molecular flexibility index (Phi) is 4.77. The molecule has 104 valence electrons. The Morgan fingerprint density at radius 1 is 1.42 bits per heavy atom. The lowest BCUT2D eigenvalue weighted by Crippen LogP contribution is -2.39. The van der Waals surface area contributed by atoms with Crippen LogP contribution in [0, 0.1) is 0 Å². The van der Waals surface area contributed by atoms with Gasteiger partial charge in [-0.25, -0.2) is 4.98 Å². The van der Waals surface area contributed by atoms with Crippen LogP contribution in [0.3, 0.4) is 0 Å². The van der Waals surface area contributed by atoms with E-state index in [0.717, 1.165) is 18.8 Å². The third-order valence-electron chi connectivity index (χ3n) is 3.74. The molecule has 19 heavy (non-hydrogen) atoms. The topological polar surface area (TPSA) is 45.2 Å². The summed E-state index contributed by atoms with van der Waals surface area (Å²) in [6.07, 6.45) is 6.62. The molecule has 0 aliphatic carbocycles. The highest BCUT2D eigenvalue weighted by atomic mass is 16.1. The van der Waals surface area contributed by atoms with Crippen LogP contribution in [-0.4, -0.2) is 30.0 Å². The third kappa shape index (κ3) is 3.25. The van der Waals surface area contributed by atoms with Gasteiger partial charge in [0.25, 0.3) is 5.91 Å². The van der Waals surface area contributed by atoms with Crippen molar-refractivity contribution in [3.8, 4) is 0 Å². The molecule has 1 saturated heterocycles. The van der Waals surface area contributed by atoms with Crippen LogP contribution in [0.15, 0.2) is 18.3 Å². The molecule has 1 aliphatic rings. The predicted octanol–water partition coefficient (Wildman–Crippen LogP) is 2.60. The zero-order valence-electron chi connectivity index (χ0n) is 11.9. The van der Waals surface area contributed by atoms with E-state index in [1.807, 2.05) is 19.1 Å². The van der Waals surface area contributed by atoms with Crippen molar-refractivity contribution in [2.24, 2.45) is 0 Å². The fourth-order valence-electron chi connectivity index (χ4n) is 2.68. The number of hydrogen-bond donors (Lipinski definition) is 1. The normalized spacial score (nSPS) is 19.3. The lowest BCUT2D eigenvalue weighted by Gasteiger charge is -2.36. The van der Waals surface area contributed by atoms with Gasteiger partial charge in [-0.2, -0.15) is 0 Å². The summed E-state index contributed by atoms with van der Waals surface area (Å²) in [5.41, 5.74) is 0.635. The van der Waals surface area contributed by atoms with Crippen molar-refractivity contribution in [3.05, 3.63) is 23.9 Å². The van der Waals surface area contributed by atoms with E-state index in [0.29, 0.717) is 18.2 Å². The van der Waals surface area contributed by atoms with Crippen molar-refractivity contribution in [3.63, 3.8) is 0 Å². The van der Waals surface area contributed by atoms with Crippen molar-refractivity contribution in [2.75, 3.05) is 18.0 Å². The Hall–Kier alpha value is -1.58. The summed E-state index contributed by atoms with van der Waals surface area (Å²) in [6, 6.07) is 4.43. The first-order valence-corrected chi connectivity index (χ1v) is 7.27. The summed E-state index contributed by atoms with van der Waals surface area (Å²) in [6.45, 7) is 5.86. The van der Waals surface area contributed by atoms with Gasteiger partial charge in [0.1, 0.15) is 5.82 Å². The van der Waals surface area contributed by atoms with Gasteiger partial charge in [0.05, 0.1) is 5.56 Å². The maximum atomic E-state index is 11.7. The average molecular weight is 261 g/mol. The van der Waals surface area contributed by atoms with E-state index in [1.165, 1.54) is 19.3 Å². The minimum absolute atomic E-state index is 0.0489. The summed E-state index contributed by atoms with van der Waals surface area (Å²) in [4.78, 5) is 18.5. The molecule has 1 aromatic heterocycles. The molecule has 1 unspecified atom stereocenters. The standard InChI is InChI=1S/C15H23N3O/c1-3-13-7-5-6-10-18(13)14-9-8-12(11-17-14)15(19)16-4-2/h8-9,11,13H,3-7,10H2,1-2H3,(H,16,19). The van der Waals surface area contributed by atoms with Crippen molar-refractivity contribution in [1.29, 1.82) is 0 Å². The Labute approximate surface area is 115 Å². The molecule has 0 spiro atoms. The lowest BCUT2D eigenvalue weighted by molar-refractivity contribution is 0.0955. The van der Waals surface area contributed by atoms with E-state index in [-0.39, 0.29) is 5.91 Å². The molecule has 4 heteroatoms. The zero-order valence-corrected chi connectivity index (χ0v) is 11.9. The molecular weight excluding hydrogens is 238 g/mol. The average Bonchev–Trinajstić information content (AvgIpc) is 2.47. The number of hydrogen-bond acceptors (Lipinski definition) is 3. The van der Waals surface area contributed by atoms with E-state index in [4.69, 9.17) is 0 Å². The fourth-order valence-corrected chi connectivity index (χ4v) is 2.68. The monoisotopic (exact) mass is 261 g/mol. The van der Waals surface area contributed by atoms with E-state index in [1.54, 1.807) is 6.20 Å². The molecule has 0 saturated carbocycles. The number of aromatic nitrogens is 1. The number of rotatable bonds is 4. The Morgan fingerprint density at radius 3 is 2.89 bits per heavy atom. The van der Waals surface area contributed by atoms with Crippen molar-refractivity contribution < 1.29 is 4.79 Å². The first kappa shape index (κ1) is 13.8. The van der Waals surface area contributed by atoms with Gasteiger partial charge in [-0.15, -0.1) is 0 Å². The van der Waals surface area contributed by atoms with E-state index < -0.39 is 0 Å². The molecular formula is C15H23N3O. The number of nitrogens with one attached hydrogen (secondary N) is 1. The van der Waals surface area contributed by atoms with Gasteiger partial charge in [0, 0.05) is 25.3 Å². The molecule has 1 amide bonds. The summed E-state index contributed by atoms with van der Waals surface area (Å²) in [5.74, 6) is 0.951. The molecule has 2 heterocycles. The molecule has 0 bridgehead atoms. The Balaban J connectivity index is 2.10. The lowest BCUT2D eigenvalue weighted by atomic mass is 10.00. The SMILES string of the molecule is CCNC(=O)c1ccc(N2CCCCC2CC)nc1. The van der Waals surface area contributed by atoms with Crippen LogP contribution < -0.4 is 10.2 Å². The van der Waals surface area contributed by atoms with E-state index in [2.05, 4.69) is 22.1 Å². The highest BCUT2D eigenvalue weighted by molar-refractivity contribution is 5.93. The molecule has 1 N–H and O–H groups in total. The molecule has 2 rings (SSSR count). The summed E-state index contributed by atoms with van der Waals surface area (Å²) in [5, 5.41) is 2.79. The molecule has 4 nitrogen and oxygen atoms in total. The van der Waals surface area contributed by atoms with Crippen molar-refractivity contribution >= 4 is 11.7 Å². The summed E-state index contributed by atoms with van der Waals surface area (Å²) >= 11 is 0. The molecule has 0 radical (unpaired) electrons. The van der Waals surface area contributed by atoms with E-state index >= 15 is 0 Å². The van der Waals surface area contributed by atoms with Crippen LogP contribution in [0.25, 0.3) is 0 Å². The first-order chi connectivity index (χ1) is 9.26. The number of piperidine rings is 1. The highest BCUT2D eigenvalue weighted by Crippen LogP contribution is 2.24. The van der Waals surface area contributed by atoms with E-state index in [9.17, 15) is 4.79 Å². The van der Waals surface area contributed by atoms with Crippen LogP contribution in [0.4, 0.5) is 5.82 Å². The van der Waals surface area contributed by atoms with Gasteiger partial charge >= 0.3 is 0 Å². The van der Waals surface area contributed by atoms with Crippen LogP contribution in [0.2, 0.25) is 0 Å². The second-order valence-electron chi connectivity index (χ2n) is 5.02. The number of nitrogens with zero attached hydrogens (tertiary/aromatic N) is 2. The minimum Gasteiger partial charge on any atom is -0.354 e. The second kappa shape index (κ2) is 6.55. The molecule has 1 fully saturated rings. The number of pyridine rings is 1. The molecule has 1 atom stereocenters. The smallest absolute Gasteiger partial charge is 0.252 e. The minimum atomic E-state index is -0.0489. The second-order valence-corrected chi connectivity index (χ2v) is 5.02. The summed E-state index contributed by atoms with van der Waals surface area (Å²) in [7, 11) is 0. The van der Waals surface area contributed by atoms with Gasteiger partial charge in [0.2, 0.25) is 0 Å². The molecule has 1 aliphatic heterocycles. The maximum absolute atomic E-state index is 11.7. The highest BCUT2D eigenvalue weighted by Gasteiger charge is 2.21. The number of carbonyl (C=O) groups excluding carboxylic acids is 1. The predicted molar refractivity (Wildman–Crippen MR) is 77.5 cm³/mol. The van der Waals surface area contributed by atoms with Crippen LogP contribution in [-0.2, 0) is 0 Å². The number of anilines is 1. The first-order valence-electron chi connectivity index (χ1n) is 7.27. The molecule has 1 aromatic rings. The zero-order chi connectivity index (χ0) is 13.7. The van der Waals surface area contributed by atoms with Crippen molar-refractivity contribution in [2.45, 2.75) is 45.6 Å². The maximum Gasteiger partial charge on any atom is 0.252 e. The van der Waals surface area contributed by atoms with Gasteiger partial charge in [-0.1, -0.05) is 6.92 Å². The number of carbonyl (C=O) groups is 1. The fraction of sp³-hybridized carbons (Fsp3) is 0.600. The van der Waals surface area contributed by atoms with Crippen LogP contribution >= 0.6 is 0 Å². The van der Waals surface area contributed by atoms with Gasteiger partial charge < -0.3 is 10.2 Å². The van der Waals surface area contributed by atoms with Crippen LogP contribution in [0.1, 0.15) is 49.9 Å². The Bertz CT molecular complexity index is 416. The largest absolute Gasteiger partial charge is 0.354 e. The Morgan fingerprint density at radius 2 is 2.26 bits per heavy atom. The number of amides is 1. The molecule has 0 aromatic carbocycles.